The molecule has 0 bridgehead atoms. The van der Waals surface area contributed by atoms with E-state index in [4.69, 9.17) is 0 Å². The number of piperidine rings is 1. The summed E-state index contributed by atoms with van der Waals surface area (Å²) in [6.45, 7) is 5.14. The van der Waals surface area contributed by atoms with Gasteiger partial charge in [0.15, 0.2) is 0 Å². The van der Waals surface area contributed by atoms with Gasteiger partial charge in [-0.2, -0.15) is 5.10 Å². The van der Waals surface area contributed by atoms with Crippen molar-refractivity contribution < 1.29 is 4.21 Å². The molecule has 1 unspecified atom stereocenters. The summed E-state index contributed by atoms with van der Waals surface area (Å²) in [7, 11) is -1.06. The van der Waals surface area contributed by atoms with Crippen LogP contribution in [0.25, 0.3) is 10.9 Å². The molecule has 1 aliphatic heterocycles. The van der Waals surface area contributed by atoms with Crippen LogP contribution in [0.4, 0.5) is 11.4 Å². The Morgan fingerprint density at radius 1 is 1.32 bits per heavy atom. The third-order valence-electron chi connectivity index (χ3n) is 5.41. The van der Waals surface area contributed by atoms with Crippen molar-refractivity contribution in [3.8, 4) is 0 Å². The first-order chi connectivity index (χ1) is 13.6. The maximum absolute atomic E-state index is 11.5. The summed E-state index contributed by atoms with van der Waals surface area (Å²) in [5.41, 5.74) is 5.63. The van der Waals surface area contributed by atoms with Crippen molar-refractivity contribution in [2.24, 2.45) is 0 Å². The molecule has 0 radical (unpaired) electrons. The van der Waals surface area contributed by atoms with Gasteiger partial charge in [-0.05, 0) is 61.7 Å². The number of nitrogens with one attached hydrogen (secondary N) is 3. The Labute approximate surface area is 168 Å². The lowest BCUT2D eigenvalue weighted by Crippen LogP contribution is -2.41. The molecule has 0 amide bonds. The fourth-order valence-corrected chi connectivity index (χ4v) is 4.48. The summed E-state index contributed by atoms with van der Waals surface area (Å²) in [5.74, 6) is 0. The molecule has 1 fully saturated rings. The molecule has 0 aliphatic carbocycles. The Morgan fingerprint density at radius 3 is 3.07 bits per heavy atom. The largest absolute Gasteiger partial charge is 0.381 e. The second-order valence-corrected chi connectivity index (χ2v) is 8.65. The zero-order valence-electron chi connectivity index (χ0n) is 16.4. The first kappa shape index (κ1) is 19.0. The van der Waals surface area contributed by atoms with E-state index in [9.17, 15) is 4.21 Å². The number of H-pyrrole nitrogens is 1. The number of nitrogens with zero attached hydrogens (tertiary/aromatic N) is 2. The van der Waals surface area contributed by atoms with Gasteiger partial charge in [-0.1, -0.05) is 12.1 Å². The van der Waals surface area contributed by atoms with Crippen LogP contribution in [0.15, 0.2) is 42.6 Å². The van der Waals surface area contributed by atoms with E-state index in [2.05, 4.69) is 56.3 Å². The highest BCUT2D eigenvalue weighted by Crippen LogP contribution is 2.24. The lowest BCUT2D eigenvalue weighted by molar-refractivity contribution is 0.208. The van der Waals surface area contributed by atoms with Crippen molar-refractivity contribution >= 4 is 33.3 Å². The molecule has 3 N–H and O–H groups in total. The third kappa shape index (κ3) is 4.36. The number of likely N-dealkylation sites (tertiary alicyclic amines) is 1. The molecule has 1 aliphatic rings. The molecule has 7 heteroatoms. The number of anilines is 2. The van der Waals surface area contributed by atoms with Crippen molar-refractivity contribution in [2.45, 2.75) is 32.4 Å². The lowest BCUT2D eigenvalue weighted by atomic mass is 10.0. The number of rotatable bonds is 6. The second kappa shape index (κ2) is 8.32. The van der Waals surface area contributed by atoms with Crippen LogP contribution in [-0.4, -0.2) is 44.7 Å². The van der Waals surface area contributed by atoms with Crippen LogP contribution in [0.3, 0.4) is 0 Å². The van der Waals surface area contributed by atoms with Gasteiger partial charge in [0.25, 0.3) is 0 Å². The van der Waals surface area contributed by atoms with E-state index in [-0.39, 0.29) is 0 Å². The zero-order valence-corrected chi connectivity index (χ0v) is 17.2. The molecule has 2 heterocycles. The number of aromatic amines is 1. The van der Waals surface area contributed by atoms with Crippen LogP contribution in [0.2, 0.25) is 0 Å². The molecular weight excluding hydrogens is 370 g/mol. The van der Waals surface area contributed by atoms with Crippen molar-refractivity contribution in [1.82, 2.24) is 15.1 Å². The normalized spacial score (nSPS) is 18.9. The Morgan fingerprint density at radius 2 is 2.21 bits per heavy atom. The Hall–Kier alpha value is -2.38. The predicted octanol–water partition coefficient (Wildman–Crippen LogP) is 3.65. The molecule has 4 rings (SSSR count). The van der Waals surface area contributed by atoms with Gasteiger partial charge in [-0.15, -0.1) is 0 Å². The minimum Gasteiger partial charge on any atom is -0.381 e. The minimum absolute atomic E-state index is 0.433. The molecule has 2 aromatic carbocycles. The lowest BCUT2D eigenvalue weighted by Gasteiger charge is -2.34. The van der Waals surface area contributed by atoms with Gasteiger partial charge in [-0.25, -0.2) is 4.21 Å². The molecule has 3 aromatic rings. The molecule has 1 saturated heterocycles. The first-order valence-electron chi connectivity index (χ1n) is 9.69. The number of aromatic nitrogens is 2. The summed E-state index contributed by atoms with van der Waals surface area (Å²) in [6.07, 6.45) is 5.88. The average Bonchev–Trinajstić information content (AvgIpc) is 3.13. The fourth-order valence-electron chi connectivity index (χ4n) is 3.95. The highest BCUT2D eigenvalue weighted by molar-refractivity contribution is 7.85. The fraction of sp³-hybridized carbons (Fsp3) is 0.381. The third-order valence-corrected chi connectivity index (χ3v) is 5.92. The number of hydrogen-bond acceptors (Lipinski definition) is 4. The summed E-state index contributed by atoms with van der Waals surface area (Å²) in [4.78, 5) is 2.51. The highest BCUT2D eigenvalue weighted by Gasteiger charge is 2.21. The predicted molar refractivity (Wildman–Crippen MR) is 117 cm³/mol. The molecule has 0 spiro atoms. The number of hydrogen-bond donors (Lipinski definition) is 3. The number of benzene rings is 2. The molecule has 2 atom stereocenters. The molecular formula is C21H27N5OS. The van der Waals surface area contributed by atoms with Crippen LogP contribution in [0, 0.1) is 6.92 Å². The van der Waals surface area contributed by atoms with Gasteiger partial charge in [0.1, 0.15) is 11.0 Å². The second-order valence-electron chi connectivity index (χ2n) is 7.54. The van der Waals surface area contributed by atoms with Crippen LogP contribution in [0.1, 0.15) is 24.0 Å². The average molecular weight is 398 g/mol. The maximum Gasteiger partial charge on any atom is 0.113 e. The first-order valence-corrected chi connectivity index (χ1v) is 11.2. The smallest absolute Gasteiger partial charge is 0.113 e. The van der Waals surface area contributed by atoms with Gasteiger partial charge in [0, 0.05) is 42.1 Å². The van der Waals surface area contributed by atoms with Gasteiger partial charge >= 0.3 is 0 Å². The van der Waals surface area contributed by atoms with Crippen LogP contribution >= 0.6 is 0 Å². The van der Waals surface area contributed by atoms with Crippen LogP contribution in [0.5, 0.6) is 0 Å². The molecule has 28 heavy (non-hydrogen) atoms. The van der Waals surface area contributed by atoms with E-state index >= 15 is 0 Å². The Balaban J connectivity index is 1.42. The summed E-state index contributed by atoms with van der Waals surface area (Å²) >= 11 is 0. The van der Waals surface area contributed by atoms with Crippen molar-refractivity contribution in [2.75, 3.05) is 29.4 Å². The zero-order chi connectivity index (χ0) is 19.5. The van der Waals surface area contributed by atoms with E-state index in [1.807, 2.05) is 18.3 Å². The monoisotopic (exact) mass is 397 g/mol. The molecule has 148 valence electrons. The standard InChI is InChI=1S/C21H27N5OS/c1-15-16(5-3-7-20(15)25-28(2)27)13-26-10-4-6-19(14-26)23-18-8-9-21-17(11-18)12-22-24-21/h3,5,7-9,11-12,19,23,25H,4,6,10,13-14H2,1-2H3,(H,22,24)/t19-,28?/m0/s1. The van der Waals surface area contributed by atoms with Gasteiger partial charge < -0.3 is 10.0 Å². The van der Waals surface area contributed by atoms with Crippen molar-refractivity contribution in [3.63, 3.8) is 0 Å². The van der Waals surface area contributed by atoms with Crippen molar-refractivity contribution in [3.05, 3.63) is 53.7 Å². The quantitative estimate of drug-likeness (QED) is 0.594. The Bertz CT molecular complexity index is 986. The van der Waals surface area contributed by atoms with E-state index in [0.717, 1.165) is 41.9 Å². The van der Waals surface area contributed by atoms with E-state index in [1.165, 1.54) is 24.0 Å². The molecule has 6 nitrogen and oxygen atoms in total. The SMILES string of the molecule is Cc1c(CN2CCC[C@H](Nc3ccc4[nH]ncc4c3)C2)cccc1NS(C)=O. The number of fused-ring (bicyclic) bond motifs is 1. The highest BCUT2D eigenvalue weighted by atomic mass is 32.2. The minimum atomic E-state index is -1.06. The summed E-state index contributed by atoms with van der Waals surface area (Å²) in [5, 5.41) is 11.9. The van der Waals surface area contributed by atoms with E-state index in [1.54, 1.807) is 6.26 Å². The van der Waals surface area contributed by atoms with Crippen LogP contribution in [-0.2, 0) is 17.5 Å². The van der Waals surface area contributed by atoms with Gasteiger partial charge in [-0.3, -0.25) is 10.00 Å². The summed E-state index contributed by atoms with van der Waals surface area (Å²) < 4.78 is 14.6. The van der Waals surface area contributed by atoms with Gasteiger partial charge in [0.2, 0.25) is 0 Å². The van der Waals surface area contributed by atoms with Crippen molar-refractivity contribution in [1.29, 1.82) is 0 Å². The Kier molecular flexibility index (Phi) is 5.64. The topological polar surface area (TPSA) is 73.1 Å². The van der Waals surface area contributed by atoms with Crippen LogP contribution < -0.4 is 10.0 Å². The maximum atomic E-state index is 11.5. The molecule has 1 aromatic heterocycles. The van der Waals surface area contributed by atoms with E-state index < -0.39 is 11.0 Å². The summed E-state index contributed by atoms with van der Waals surface area (Å²) in [6, 6.07) is 13.0. The van der Waals surface area contributed by atoms with E-state index in [0.29, 0.717) is 6.04 Å². The molecule has 0 saturated carbocycles. The van der Waals surface area contributed by atoms with Gasteiger partial charge in [0.05, 0.1) is 11.7 Å².